The number of halogens is 1. The summed E-state index contributed by atoms with van der Waals surface area (Å²) in [5.41, 5.74) is 0.117. The van der Waals surface area contributed by atoms with Gasteiger partial charge in [0, 0.05) is 24.8 Å². The molecule has 0 aliphatic carbocycles. The Morgan fingerprint density at radius 3 is 3.05 bits per heavy atom. The van der Waals surface area contributed by atoms with E-state index in [-0.39, 0.29) is 5.56 Å². The van der Waals surface area contributed by atoms with Gasteiger partial charge < -0.3 is 15.3 Å². The van der Waals surface area contributed by atoms with E-state index in [2.05, 4.69) is 15.2 Å². The second-order valence-corrected chi connectivity index (χ2v) is 5.96. The molecule has 2 unspecified atom stereocenters. The van der Waals surface area contributed by atoms with Crippen LogP contribution < -0.4 is 5.32 Å². The van der Waals surface area contributed by atoms with Gasteiger partial charge >= 0.3 is 5.97 Å². The number of pyridine rings is 1. The number of piperidine rings is 1. The van der Waals surface area contributed by atoms with Crippen LogP contribution in [0.5, 0.6) is 0 Å². The van der Waals surface area contributed by atoms with Crippen LogP contribution in [0, 0.1) is 0 Å². The first-order chi connectivity index (χ1) is 9.63. The molecule has 2 N–H and O–H groups in total. The summed E-state index contributed by atoms with van der Waals surface area (Å²) in [4.78, 5) is 17.6. The molecule has 0 radical (unpaired) electrons. The Bertz CT molecular complexity index is 523. The third kappa shape index (κ3) is 2.74. The van der Waals surface area contributed by atoms with E-state index in [4.69, 9.17) is 16.7 Å². The molecule has 6 heteroatoms. The maximum Gasteiger partial charge on any atom is 0.337 e. The van der Waals surface area contributed by atoms with Crippen molar-refractivity contribution in [2.45, 2.75) is 37.8 Å². The van der Waals surface area contributed by atoms with Gasteiger partial charge in [0.25, 0.3) is 0 Å². The van der Waals surface area contributed by atoms with Crippen molar-refractivity contribution in [3.05, 3.63) is 22.8 Å². The maximum atomic E-state index is 10.9. The summed E-state index contributed by atoms with van der Waals surface area (Å²) < 4.78 is 0. The van der Waals surface area contributed by atoms with Gasteiger partial charge in [0.15, 0.2) is 0 Å². The molecule has 3 heterocycles. The number of rotatable bonds is 3. The van der Waals surface area contributed by atoms with Gasteiger partial charge in [-0.25, -0.2) is 9.78 Å². The summed E-state index contributed by atoms with van der Waals surface area (Å²) >= 11 is 6.11. The summed E-state index contributed by atoms with van der Waals surface area (Å²) in [5, 5.41) is 12.6. The van der Waals surface area contributed by atoms with E-state index in [9.17, 15) is 4.79 Å². The quantitative estimate of drug-likeness (QED) is 0.897. The second kappa shape index (κ2) is 5.58. The number of nitrogens with zero attached hydrogens (tertiary/aromatic N) is 2. The highest BCUT2D eigenvalue weighted by Crippen LogP contribution is 2.29. The van der Waals surface area contributed by atoms with E-state index in [1.54, 1.807) is 0 Å². The third-order valence-corrected chi connectivity index (χ3v) is 4.54. The molecule has 108 valence electrons. The van der Waals surface area contributed by atoms with Crippen LogP contribution in [0.25, 0.3) is 0 Å². The average molecular weight is 296 g/mol. The number of hydrogen-bond donors (Lipinski definition) is 2. The lowest BCUT2D eigenvalue weighted by Crippen LogP contribution is -2.42. The van der Waals surface area contributed by atoms with E-state index >= 15 is 0 Å². The van der Waals surface area contributed by atoms with Gasteiger partial charge in [-0.3, -0.25) is 0 Å². The van der Waals surface area contributed by atoms with Gasteiger partial charge in [-0.1, -0.05) is 11.6 Å². The number of aromatic nitrogens is 1. The van der Waals surface area contributed by atoms with Crippen molar-refractivity contribution in [1.82, 2.24) is 9.88 Å². The van der Waals surface area contributed by atoms with Crippen LogP contribution in [0.3, 0.4) is 0 Å². The first kappa shape index (κ1) is 13.6. The monoisotopic (exact) mass is 295 g/mol. The number of aromatic carboxylic acids is 1. The molecule has 0 saturated carbocycles. The molecule has 3 rings (SSSR count). The number of carboxylic acids is 1. The molecule has 1 aromatic heterocycles. The highest BCUT2D eigenvalue weighted by Gasteiger charge is 2.31. The van der Waals surface area contributed by atoms with Crippen LogP contribution in [-0.2, 0) is 0 Å². The van der Waals surface area contributed by atoms with Gasteiger partial charge in [-0.15, -0.1) is 0 Å². The molecule has 5 nitrogen and oxygen atoms in total. The van der Waals surface area contributed by atoms with Crippen molar-refractivity contribution in [2.24, 2.45) is 0 Å². The summed E-state index contributed by atoms with van der Waals surface area (Å²) in [5.74, 6) is -0.418. The van der Waals surface area contributed by atoms with Crippen LogP contribution >= 0.6 is 11.6 Å². The van der Waals surface area contributed by atoms with Crippen LogP contribution in [0.4, 0.5) is 5.82 Å². The van der Waals surface area contributed by atoms with Crippen LogP contribution in [0.2, 0.25) is 5.02 Å². The van der Waals surface area contributed by atoms with Gasteiger partial charge in [-0.05, 0) is 38.3 Å². The zero-order chi connectivity index (χ0) is 14.1. The lowest BCUT2D eigenvalue weighted by atomic mass is 9.97. The lowest BCUT2D eigenvalue weighted by Gasteiger charge is -2.35. The number of hydrogen-bond acceptors (Lipinski definition) is 4. The largest absolute Gasteiger partial charge is 0.478 e. The minimum Gasteiger partial charge on any atom is -0.478 e. The Kier molecular flexibility index (Phi) is 3.81. The van der Waals surface area contributed by atoms with Gasteiger partial charge in [0.1, 0.15) is 5.82 Å². The first-order valence-electron chi connectivity index (χ1n) is 7.03. The van der Waals surface area contributed by atoms with Crippen molar-refractivity contribution in [3.63, 3.8) is 0 Å². The molecule has 2 aliphatic rings. The van der Waals surface area contributed by atoms with E-state index in [1.165, 1.54) is 31.6 Å². The van der Waals surface area contributed by atoms with Crippen LogP contribution in [0.15, 0.2) is 12.3 Å². The fraction of sp³-hybridized carbons (Fsp3) is 0.571. The third-order valence-electron chi connectivity index (χ3n) is 4.25. The predicted molar refractivity (Wildman–Crippen MR) is 77.4 cm³/mol. The number of carbonyl (C=O) groups is 1. The molecular formula is C14H18ClN3O2. The number of fused-ring (bicyclic) bond motifs is 1. The van der Waals surface area contributed by atoms with Gasteiger partial charge in [0.2, 0.25) is 0 Å². The SMILES string of the molecule is O=C(O)c1cnc(NC2CCN3CCCC3C2)c(Cl)c1. The lowest BCUT2D eigenvalue weighted by molar-refractivity contribution is 0.0696. The van der Waals surface area contributed by atoms with Crippen LogP contribution in [0.1, 0.15) is 36.0 Å². The molecule has 2 saturated heterocycles. The topological polar surface area (TPSA) is 65.5 Å². The smallest absolute Gasteiger partial charge is 0.337 e. The molecule has 0 spiro atoms. The Balaban J connectivity index is 1.67. The molecule has 0 aromatic carbocycles. The normalized spacial score (nSPS) is 26.2. The Morgan fingerprint density at radius 2 is 2.30 bits per heavy atom. The summed E-state index contributed by atoms with van der Waals surface area (Å²) in [6.45, 7) is 2.34. The van der Waals surface area contributed by atoms with Crippen molar-refractivity contribution in [1.29, 1.82) is 0 Å². The number of carboxylic acid groups (broad SMARTS) is 1. The number of nitrogens with one attached hydrogen (secondary N) is 1. The van der Waals surface area contributed by atoms with Crippen molar-refractivity contribution < 1.29 is 9.90 Å². The Labute approximate surface area is 122 Å². The fourth-order valence-electron chi connectivity index (χ4n) is 3.21. The fourth-order valence-corrected chi connectivity index (χ4v) is 3.43. The van der Waals surface area contributed by atoms with Crippen LogP contribution in [-0.4, -0.2) is 46.1 Å². The Morgan fingerprint density at radius 1 is 1.45 bits per heavy atom. The molecule has 2 atom stereocenters. The van der Waals surface area contributed by atoms with Gasteiger partial charge in [0.05, 0.1) is 10.6 Å². The first-order valence-corrected chi connectivity index (χ1v) is 7.40. The second-order valence-electron chi connectivity index (χ2n) is 5.56. The molecule has 0 amide bonds. The average Bonchev–Trinajstić information content (AvgIpc) is 2.88. The molecule has 2 fully saturated rings. The maximum absolute atomic E-state index is 10.9. The van der Waals surface area contributed by atoms with E-state index in [0.29, 0.717) is 22.9 Å². The summed E-state index contributed by atoms with van der Waals surface area (Å²) in [6.07, 6.45) is 6.11. The minimum atomic E-state index is -1.01. The van der Waals surface area contributed by atoms with Crippen molar-refractivity contribution >= 4 is 23.4 Å². The molecule has 2 aliphatic heterocycles. The minimum absolute atomic E-state index is 0.117. The molecule has 20 heavy (non-hydrogen) atoms. The predicted octanol–water partition coefficient (Wildman–Crippen LogP) is 2.47. The zero-order valence-electron chi connectivity index (χ0n) is 11.2. The zero-order valence-corrected chi connectivity index (χ0v) is 11.9. The molecule has 0 bridgehead atoms. The highest BCUT2D eigenvalue weighted by molar-refractivity contribution is 6.33. The van der Waals surface area contributed by atoms with Crippen molar-refractivity contribution in [3.8, 4) is 0 Å². The highest BCUT2D eigenvalue weighted by atomic mass is 35.5. The van der Waals surface area contributed by atoms with Crippen molar-refractivity contribution in [2.75, 3.05) is 18.4 Å². The summed E-state index contributed by atoms with van der Waals surface area (Å²) in [6, 6.07) is 2.50. The summed E-state index contributed by atoms with van der Waals surface area (Å²) in [7, 11) is 0. The molecular weight excluding hydrogens is 278 g/mol. The van der Waals surface area contributed by atoms with E-state index < -0.39 is 5.97 Å². The van der Waals surface area contributed by atoms with Gasteiger partial charge in [-0.2, -0.15) is 0 Å². The standard InChI is InChI=1S/C14H18ClN3O2/c15-12-6-9(14(19)20)8-16-13(12)17-10-3-5-18-4-1-2-11(18)7-10/h6,8,10-11H,1-5,7H2,(H,16,17)(H,19,20). The van der Waals surface area contributed by atoms with E-state index in [0.717, 1.165) is 19.4 Å². The number of anilines is 1. The Hall–Kier alpha value is -1.33. The van der Waals surface area contributed by atoms with E-state index in [1.807, 2.05) is 0 Å². The molecule has 1 aromatic rings.